The first-order chi connectivity index (χ1) is 11.4. The average Bonchev–Trinajstić information content (AvgIpc) is 2.54. The largest absolute Gasteiger partial charge is 0.489 e. The minimum atomic E-state index is -1.64. The third kappa shape index (κ3) is 4.57. The summed E-state index contributed by atoms with van der Waals surface area (Å²) in [7, 11) is 0. The minimum Gasteiger partial charge on any atom is -0.489 e. The van der Waals surface area contributed by atoms with E-state index in [0.717, 1.165) is 0 Å². The predicted molar refractivity (Wildman–Crippen MR) is 88.8 cm³/mol. The van der Waals surface area contributed by atoms with Gasteiger partial charge in [-0.25, -0.2) is 4.79 Å². The molecule has 0 unspecified atom stereocenters. The molecule has 2 rings (SSSR count). The van der Waals surface area contributed by atoms with Crippen LogP contribution in [0.3, 0.4) is 0 Å². The first-order valence-corrected chi connectivity index (χ1v) is 7.59. The van der Waals surface area contributed by atoms with Gasteiger partial charge in [0.15, 0.2) is 5.78 Å². The van der Waals surface area contributed by atoms with Gasteiger partial charge in [0.1, 0.15) is 12.4 Å². The Hall–Kier alpha value is -2.37. The number of halogens is 2. The maximum Gasteiger partial charge on any atom is 0.372 e. The van der Waals surface area contributed by atoms with Gasteiger partial charge in [-0.3, -0.25) is 9.59 Å². The fourth-order valence-corrected chi connectivity index (χ4v) is 2.42. The maximum atomic E-state index is 11.9. The van der Waals surface area contributed by atoms with Crippen LogP contribution in [0.2, 0.25) is 10.0 Å². The Morgan fingerprint density at radius 1 is 1.00 bits per heavy atom. The number of rotatable bonds is 7. The number of carboxylic acid groups (broad SMARTS) is 1. The SMILES string of the molecule is O=C(O)C(=O)CC(=O)c1cccc(OCc2c(Cl)cccc2Cl)c1. The van der Waals surface area contributed by atoms with E-state index in [1.54, 1.807) is 30.3 Å². The number of carbonyl (C=O) groups excluding carboxylic acids is 2. The highest BCUT2D eigenvalue weighted by Gasteiger charge is 2.18. The predicted octanol–water partition coefficient (Wildman–Crippen LogP) is 3.80. The van der Waals surface area contributed by atoms with Gasteiger partial charge in [0.2, 0.25) is 5.78 Å². The topological polar surface area (TPSA) is 80.7 Å². The number of aliphatic carboxylic acids is 1. The van der Waals surface area contributed by atoms with Gasteiger partial charge >= 0.3 is 5.97 Å². The molecule has 0 heterocycles. The molecule has 0 aliphatic rings. The summed E-state index contributed by atoms with van der Waals surface area (Å²) in [5.41, 5.74) is 0.797. The molecule has 0 atom stereocenters. The van der Waals surface area contributed by atoms with Gasteiger partial charge in [-0.15, -0.1) is 0 Å². The zero-order valence-electron chi connectivity index (χ0n) is 12.3. The molecule has 0 bridgehead atoms. The summed E-state index contributed by atoms with van der Waals surface area (Å²) in [6.07, 6.45) is -0.699. The van der Waals surface area contributed by atoms with Gasteiger partial charge in [-0.2, -0.15) is 0 Å². The van der Waals surface area contributed by atoms with Gasteiger partial charge in [0, 0.05) is 21.2 Å². The number of hydrogen-bond donors (Lipinski definition) is 1. The normalized spacial score (nSPS) is 10.2. The Morgan fingerprint density at radius 2 is 1.62 bits per heavy atom. The van der Waals surface area contributed by atoms with Crippen molar-refractivity contribution >= 4 is 40.7 Å². The molecule has 0 saturated carbocycles. The summed E-state index contributed by atoms with van der Waals surface area (Å²) in [4.78, 5) is 33.5. The lowest BCUT2D eigenvalue weighted by molar-refractivity contribution is -0.148. The first kappa shape index (κ1) is 18.0. The van der Waals surface area contributed by atoms with Crippen LogP contribution in [0.5, 0.6) is 5.75 Å². The van der Waals surface area contributed by atoms with Gasteiger partial charge in [-0.1, -0.05) is 41.4 Å². The molecule has 7 heteroatoms. The van der Waals surface area contributed by atoms with Crippen molar-refractivity contribution in [2.24, 2.45) is 0 Å². The van der Waals surface area contributed by atoms with E-state index in [4.69, 9.17) is 33.0 Å². The number of Topliss-reactive ketones (excluding diaryl/α,β-unsaturated/α-hetero) is 2. The Bertz CT molecular complexity index is 781. The molecule has 0 aliphatic carbocycles. The molecule has 124 valence electrons. The van der Waals surface area contributed by atoms with Crippen molar-refractivity contribution in [3.63, 3.8) is 0 Å². The van der Waals surface area contributed by atoms with Crippen molar-refractivity contribution in [1.82, 2.24) is 0 Å². The number of ketones is 2. The number of hydrogen-bond acceptors (Lipinski definition) is 4. The van der Waals surface area contributed by atoms with Crippen LogP contribution < -0.4 is 4.74 Å². The van der Waals surface area contributed by atoms with E-state index < -0.39 is 24.0 Å². The van der Waals surface area contributed by atoms with E-state index in [1.807, 2.05) is 0 Å². The number of benzene rings is 2. The first-order valence-electron chi connectivity index (χ1n) is 6.83. The number of carbonyl (C=O) groups is 3. The van der Waals surface area contributed by atoms with E-state index in [1.165, 1.54) is 12.1 Å². The highest BCUT2D eigenvalue weighted by atomic mass is 35.5. The lowest BCUT2D eigenvalue weighted by Crippen LogP contribution is -2.17. The second kappa shape index (κ2) is 7.95. The highest BCUT2D eigenvalue weighted by molar-refractivity contribution is 6.37. The number of carboxylic acids is 1. The molecule has 2 aromatic rings. The van der Waals surface area contributed by atoms with E-state index >= 15 is 0 Å². The minimum absolute atomic E-state index is 0.101. The smallest absolute Gasteiger partial charge is 0.372 e. The molecule has 5 nitrogen and oxygen atoms in total. The lowest BCUT2D eigenvalue weighted by atomic mass is 10.1. The third-order valence-corrected chi connectivity index (χ3v) is 3.87. The molecular weight excluding hydrogens is 355 g/mol. The summed E-state index contributed by atoms with van der Waals surface area (Å²) in [6, 6.07) is 11.2. The van der Waals surface area contributed by atoms with Crippen LogP contribution in [-0.4, -0.2) is 22.6 Å². The summed E-state index contributed by atoms with van der Waals surface area (Å²) in [5.74, 6) is -3.01. The van der Waals surface area contributed by atoms with E-state index in [9.17, 15) is 14.4 Å². The van der Waals surface area contributed by atoms with Crippen molar-refractivity contribution in [2.75, 3.05) is 0 Å². The second-order valence-electron chi connectivity index (χ2n) is 4.85. The second-order valence-corrected chi connectivity index (χ2v) is 5.66. The fraction of sp³-hybridized carbons (Fsp3) is 0.118. The number of ether oxygens (including phenoxy) is 1. The van der Waals surface area contributed by atoms with E-state index in [2.05, 4.69) is 0 Å². The molecule has 0 aromatic heterocycles. The molecule has 1 N–H and O–H groups in total. The molecule has 2 aromatic carbocycles. The summed E-state index contributed by atoms with van der Waals surface area (Å²) < 4.78 is 5.57. The Morgan fingerprint density at radius 3 is 2.25 bits per heavy atom. The quantitative estimate of drug-likeness (QED) is 0.457. The van der Waals surface area contributed by atoms with Crippen LogP contribution in [0.15, 0.2) is 42.5 Å². The monoisotopic (exact) mass is 366 g/mol. The van der Waals surface area contributed by atoms with Crippen molar-refractivity contribution in [1.29, 1.82) is 0 Å². The summed E-state index contributed by atoms with van der Waals surface area (Å²) >= 11 is 12.1. The van der Waals surface area contributed by atoms with Crippen molar-refractivity contribution < 1.29 is 24.2 Å². The molecule has 0 radical (unpaired) electrons. The fourth-order valence-electron chi connectivity index (χ4n) is 1.91. The van der Waals surface area contributed by atoms with Crippen molar-refractivity contribution in [2.45, 2.75) is 13.0 Å². The van der Waals surface area contributed by atoms with Gasteiger partial charge < -0.3 is 9.84 Å². The van der Waals surface area contributed by atoms with Gasteiger partial charge in [0.05, 0.1) is 6.42 Å². The molecular formula is C17H12Cl2O5. The van der Waals surface area contributed by atoms with Gasteiger partial charge in [-0.05, 0) is 24.3 Å². The van der Waals surface area contributed by atoms with E-state index in [-0.39, 0.29) is 12.2 Å². The Kier molecular flexibility index (Phi) is 5.95. The lowest BCUT2D eigenvalue weighted by Gasteiger charge is -2.10. The summed E-state index contributed by atoms with van der Waals surface area (Å²) in [5, 5.41) is 9.46. The van der Waals surface area contributed by atoms with Crippen LogP contribution in [0, 0.1) is 0 Å². The molecule has 24 heavy (non-hydrogen) atoms. The molecule has 0 fully saturated rings. The third-order valence-electron chi connectivity index (χ3n) is 3.16. The average molecular weight is 367 g/mol. The molecule has 0 amide bonds. The van der Waals surface area contributed by atoms with Crippen LogP contribution in [-0.2, 0) is 16.2 Å². The van der Waals surface area contributed by atoms with Crippen molar-refractivity contribution in [3.05, 3.63) is 63.6 Å². The Balaban J connectivity index is 2.09. The summed E-state index contributed by atoms with van der Waals surface area (Å²) in [6.45, 7) is 0.101. The van der Waals surface area contributed by atoms with Gasteiger partial charge in [0.25, 0.3) is 0 Å². The molecule has 0 saturated heterocycles. The zero-order chi connectivity index (χ0) is 17.7. The van der Waals surface area contributed by atoms with Crippen LogP contribution >= 0.6 is 23.2 Å². The molecule has 0 spiro atoms. The maximum absolute atomic E-state index is 11.9. The van der Waals surface area contributed by atoms with Crippen molar-refractivity contribution in [3.8, 4) is 5.75 Å². The van der Waals surface area contributed by atoms with Crippen LogP contribution in [0.1, 0.15) is 22.3 Å². The Labute approximate surface area is 147 Å². The van der Waals surface area contributed by atoms with Crippen LogP contribution in [0.25, 0.3) is 0 Å². The zero-order valence-corrected chi connectivity index (χ0v) is 13.8. The molecule has 0 aliphatic heterocycles. The van der Waals surface area contributed by atoms with Crippen LogP contribution in [0.4, 0.5) is 0 Å². The standard InChI is InChI=1S/C17H12Cl2O5/c18-13-5-2-6-14(19)12(13)9-24-11-4-1-3-10(7-11)15(20)8-16(21)17(22)23/h1-7H,8-9H2,(H,22,23). The van der Waals surface area contributed by atoms with E-state index in [0.29, 0.717) is 21.4 Å². The highest BCUT2D eigenvalue weighted by Crippen LogP contribution is 2.26.